The summed E-state index contributed by atoms with van der Waals surface area (Å²) in [7, 11) is 0. The molecule has 8 heteroatoms. The van der Waals surface area contributed by atoms with E-state index in [1.54, 1.807) is 30.0 Å². The Morgan fingerprint density at radius 3 is 2.42 bits per heavy atom. The smallest absolute Gasteiger partial charge is 0.263 e. The van der Waals surface area contributed by atoms with Crippen molar-refractivity contribution < 1.29 is 14.3 Å². The minimum Gasteiger partial charge on any atom is -0.479 e. The van der Waals surface area contributed by atoms with E-state index >= 15 is 0 Å². The minimum atomic E-state index is -0.665. The van der Waals surface area contributed by atoms with Crippen molar-refractivity contribution in [1.82, 2.24) is 15.1 Å². The summed E-state index contributed by atoms with van der Waals surface area (Å²) in [5.41, 5.74) is 0. The highest BCUT2D eigenvalue weighted by atomic mass is 35.5. The second-order valence-electron chi connectivity index (χ2n) is 6.64. The molecule has 1 aliphatic rings. The predicted octanol–water partition coefficient (Wildman–Crippen LogP) is 2.43. The Hall–Kier alpha value is -1.50. The lowest BCUT2D eigenvalue weighted by Crippen LogP contribution is -2.53. The Balaban J connectivity index is 1.83. The lowest BCUT2D eigenvalue weighted by Gasteiger charge is -2.35. The Morgan fingerprint density at radius 2 is 1.81 bits per heavy atom. The number of benzene rings is 1. The van der Waals surface area contributed by atoms with Gasteiger partial charge >= 0.3 is 0 Å². The lowest BCUT2D eigenvalue weighted by atomic mass is 10.2. The largest absolute Gasteiger partial charge is 0.479 e. The van der Waals surface area contributed by atoms with Gasteiger partial charge in [0.05, 0.1) is 11.6 Å². The van der Waals surface area contributed by atoms with Crippen LogP contribution >= 0.6 is 23.2 Å². The van der Waals surface area contributed by atoms with Crippen molar-refractivity contribution in [3.05, 3.63) is 28.2 Å². The number of halogens is 2. The summed E-state index contributed by atoms with van der Waals surface area (Å²) in [6.45, 7) is 8.34. The molecule has 26 heavy (non-hydrogen) atoms. The van der Waals surface area contributed by atoms with Crippen molar-refractivity contribution in [1.29, 1.82) is 0 Å². The summed E-state index contributed by atoms with van der Waals surface area (Å²) in [5, 5.41) is 3.56. The third-order valence-corrected chi connectivity index (χ3v) is 4.87. The first-order valence-electron chi connectivity index (χ1n) is 8.69. The molecule has 2 amide bonds. The number of rotatable bonds is 6. The van der Waals surface area contributed by atoms with E-state index in [0.717, 1.165) is 0 Å². The van der Waals surface area contributed by atoms with Gasteiger partial charge in [-0.05, 0) is 32.9 Å². The summed E-state index contributed by atoms with van der Waals surface area (Å²) < 4.78 is 5.69. The third kappa shape index (κ3) is 5.76. The molecular weight excluding hydrogens is 377 g/mol. The minimum absolute atomic E-state index is 0.00655. The van der Waals surface area contributed by atoms with Gasteiger partial charge in [0.25, 0.3) is 5.91 Å². The van der Waals surface area contributed by atoms with Crippen LogP contribution in [0.5, 0.6) is 5.75 Å². The molecule has 0 radical (unpaired) electrons. The molecule has 144 valence electrons. The van der Waals surface area contributed by atoms with Crippen LogP contribution in [0.15, 0.2) is 18.2 Å². The average molecular weight is 402 g/mol. The van der Waals surface area contributed by atoms with E-state index in [2.05, 4.69) is 5.32 Å². The van der Waals surface area contributed by atoms with Crippen LogP contribution in [-0.2, 0) is 9.59 Å². The van der Waals surface area contributed by atoms with Gasteiger partial charge in [-0.25, -0.2) is 0 Å². The standard InChI is InChI=1S/C18H25Cl2N3O3/c1-12(2)21-16(24)11-22-7-9-23(10-8-22)18(25)13(3)26-15-6-4-5-14(19)17(15)20/h4-6,12-13H,7-11H2,1-3H3,(H,21,24). The van der Waals surface area contributed by atoms with Crippen molar-refractivity contribution in [2.45, 2.75) is 32.9 Å². The van der Waals surface area contributed by atoms with Crippen LogP contribution in [-0.4, -0.2) is 66.5 Å². The van der Waals surface area contributed by atoms with Crippen LogP contribution in [0.4, 0.5) is 0 Å². The van der Waals surface area contributed by atoms with Crippen molar-refractivity contribution in [2.24, 2.45) is 0 Å². The maximum atomic E-state index is 12.6. The van der Waals surface area contributed by atoms with Crippen LogP contribution in [0.25, 0.3) is 0 Å². The van der Waals surface area contributed by atoms with Crippen LogP contribution < -0.4 is 10.1 Å². The highest BCUT2D eigenvalue weighted by Crippen LogP contribution is 2.32. The topological polar surface area (TPSA) is 61.9 Å². The van der Waals surface area contributed by atoms with E-state index in [4.69, 9.17) is 27.9 Å². The number of ether oxygens (including phenoxy) is 1. The molecule has 2 rings (SSSR count). The van der Waals surface area contributed by atoms with Crippen LogP contribution in [0.1, 0.15) is 20.8 Å². The fraction of sp³-hybridized carbons (Fsp3) is 0.556. The molecule has 1 aromatic rings. The molecule has 0 aromatic heterocycles. The Labute approximate surface area is 164 Å². The van der Waals surface area contributed by atoms with Gasteiger partial charge in [-0.2, -0.15) is 0 Å². The Bertz CT molecular complexity index is 647. The van der Waals surface area contributed by atoms with Crippen LogP contribution in [0.2, 0.25) is 10.0 Å². The molecule has 1 unspecified atom stereocenters. The van der Waals surface area contributed by atoms with Gasteiger partial charge in [0.2, 0.25) is 5.91 Å². The number of nitrogens with one attached hydrogen (secondary N) is 1. The zero-order valence-corrected chi connectivity index (χ0v) is 16.8. The fourth-order valence-electron chi connectivity index (χ4n) is 2.77. The van der Waals surface area contributed by atoms with Gasteiger partial charge in [0, 0.05) is 32.2 Å². The highest BCUT2D eigenvalue weighted by molar-refractivity contribution is 6.42. The van der Waals surface area contributed by atoms with Gasteiger partial charge in [-0.3, -0.25) is 14.5 Å². The summed E-state index contributed by atoms with van der Waals surface area (Å²) in [6, 6.07) is 5.20. The van der Waals surface area contributed by atoms with E-state index in [-0.39, 0.29) is 17.9 Å². The predicted molar refractivity (Wildman–Crippen MR) is 103 cm³/mol. The van der Waals surface area contributed by atoms with E-state index in [0.29, 0.717) is 48.5 Å². The van der Waals surface area contributed by atoms with Gasteiger partial charge in [-0.15, -0.1) is 0 Å². The Kier molecular flexibility index (Phi) is 7.55. The van der Waals surface area contributed by atoms with E-state index in [1.165, 1.54) is 0 Å². The molecular formula is C18H25Cl2N3O3. The maximum Gasteiger partial charge on any atom is 0.263 e. The van der Waals surface area contributed by atoms with Gasteiger partial charge in [-0.1, -0.05) is 29.3 Å². The molecule has 0 bridgehead atoms. The SMILES string of the molecule is CC(C)NC(=O)CN1CCN(C(=O)C(C)Oc2cccc(Cl)c2Cl)CC1. The molecule has 1 aliphatic heterocycles. The van der Waals surface area contributed by atoms with Gasteiger partial charge < -0.3 is 15.0 Å². The van der Waals surface area contributed by atoms with E-state index < -0.39 is 6.10 Å². The summed E-state index contributed by atoms with van der Waals surface area (Å²) in [6.07, 6.45) is -0.665. The lowest BCUT2D eigenvalue weighted by molar-refractivity contribution is -0.139. The molecule has 1 aromatic carbocycles. The molecule has 0 spiro atoms. The molecule has 1 fully saturated rings. The normalized spacial score (nSPS) is 16.5. The first-order chi connectivity index (χ1) is 12.3. The summed E-state index contributed by atoms with van der Waals surface area (Å²) in [5.74, 6) is 0.295. The first kappa shape index (κ1) is 20.8. The number of hydrogen-bond acceptors (Lipinski definition) is 4. The van der Waals surface area contributed by atoms with Crippen LogP contribution in [0.3, 0.4) is 0 Å². The zero-order chi connectivity index (χ0) is 19.3. The first-order valence-corrected chi connectivity index (χ1v) is 9.44. The van der Waals surface area contributed by atoms with Crippen molar-refractivity contribution >= 4 is 35.0 Å². The monoisotopic (exact) mass is 401 g/mol. The number of piperazine rings is 1. The second-order valence-corrected chi connectivity index (χ2v) is 7.42. The number of amides is 2. The van der Waals surface area contributed by atoms with Crippen molar-refractivity contribution in [2.75, 3.05) is 32.7 Å². The quantitative estimate of drug-likeness (QED) is 0.794. The molecule has 1 saturated heterocycles. The molecule has 1 atom stereocenters. The highest BCUT2D eigenvalue weighted by Gasteiger charge is 2.27. The van der Waals surface area contributed by atoms with E-state index in [9.17, 15) is 9.59 Å². The Morgan fingerprint density at radius 1 is 1.15 bits per heavy atom. The number of nitrogens with zero attached hydrogens (tertiary/aromatic N) is 2. The maximum absolute atomic E-state index is 12.6. The molecule has 1 heterocycles. The van der Waals surface area contributed by atoms with Gasteiger partial charge in [0.15, 0.2) is 6.10 Å². The van der Waals surface area contributed by atoms with Crippen LogP contribution in [0, 0.1) is 0 Å². The average Bonchev–Trinajstić information content (AvgIpc) is 2.58. The molecule has 0 aliphatic carbocycles. The van der Waals surface area contributed by atoms with Crippen molar-refractivity contribution in [3.63, 3.8) is 0 Å². The molecule has 0 saturated carbocycles. The van der Waals surface area contributed by atoms with Gasteiger partial charge in [0.1, 0.15) is 10.8 Å². The number of hydrogen-bond donors (Lipinski definition) is 1. The fourth-order valence-corrected chi connectivity index (χ4v) is 3.11. The summed E-state index contributed by atoms with van der Waals surface area (Å²) in [4.78, 5) is 28.2. The third-order valence-electron chi connectivity index (χ3n) is 4.07. The summed E-state index contributed by atoms with van der Waals surface area (Å²) >= 11 is 12.1. The van der Waals surface area contributed by atoms with Crippen molar-refractivity contribution in [3.8, 4) is 5.75 Å². The number of carbonyl (C=O) groups excluding carboxylic acids is 2. The zero-order valence-electron chi connectivity index (χ0n) is 15.3. The molecule has 6 nitrogen and oxygen atoms in total. The number of carbonyl (C=O) groups is 2. The molecule has 1 N–H and O–H groups in total. The van der Waals surface area contributed by atoms with E-state index in [1.807, 2.05) is 18.7 Å². The second kappa shape index (κ2) is 9.44.